The lowest BCUT2D eigenvalue weighted by molar-refractivity contribution is 0.267. The van der Waals surface area contributed by atoms with E-state index in [1.54, 1.807) is 0 Å². The van der Waals surface area contributed by atoms with Gasteiger partial charge in [0, 0.05) is 10.7 Å². The average Bonchev–Trinajstić information content (AvgIpc) is 2.74. The Hall–Kier alpha value is -2.06. The lowest BCUT2D eigenvalue weighted by atomic mass is 10.2. The topological polar surface area (TPSA) is 40.0 Å². The minimum absolute atomic E-state index is 0.475. The predicted molar refractivity (Wildman–Crippen MR) is 134 cm³/mol. The largest absolute Gasteiger partial charge is 0.494 e. The highest BCUT2D eigenvalue weighted by Gasteiger charge is 2.12. The first-order chi connectivity index (χ1) is 14.6. The Kier molecular flexibility index (Phi) is 8.57. The van der Waals surface area contributed by atoms with Gasteiger partial charge in [0.05, 0.1) is 22.5 Å². The zero-order valence-corrected chi connectivity index (χ0v) is 20.6. The van der Waals surface area contributed by atoms with Gasteiger partial charge < -0.3 is 14.2 Å². The van der Waals surface area contributed by atoms with Crippen LogP contribution in [0.4, 0.5) is 5.69 Å². The average molecular weight is 580 g/mol. The van der Waals surface area contributed by atoms with Gasteiger partial charge in [0.25, 0.3) is 0 Å². The predicted octanol–water partition coefficient (Wildman–Crippen LogP) is 7.18. The normalized spacial score (nSPS) is 10.9. The van der Waals surface area contributed by atoms with Crippen LogP contribution in [0.25, 0.3) is 0 Å². The third-order valence-corrected chi connectivity index (χ3v) is 5.47. The number of benzene rings is 3. The number of rotatable bonds is 9. The highest BCUT2D eigenvalue weighted by atomic mass is 127. The highest BCUT2D eigenvalue weighted by molar-refractivity contribution is 14.1. The molecule has 3 aromatic carbocycles. The molecule has 156 valence electrons. The molecule has 0 spiro atoms. The Morgan fingerprint density at radius 3 is 2.27 bits per heavy atom. The Bertz CT molecular complexity index is 989. The first-order valence-corrected chi connectivity index (χ1v) is 11.6. The van der Waals surface area contributed by atoms with E-state index in [1.165, 1.54) is 0 Å². The van der Waals surface area contributed by atoms with E-state index in [0.29, 0.717) is 19.8 Å². The van der Waals surface area contributed by atoms with Crippen LogP contribution >= 0.6 is 38.5 Å². The standard InChI is InChI=1S/C24H23BrINO3/c1-3-28-21-11-9-20(10-12-21)27-15-18-13-22(26)24(23(14-18)29-4-2)30-16-17-5-7-19(25)8-6-17/h5-15H,3-4,16H2,1-2H3. The summed E-state index contributed by atoms with van der Waals surface area (Å²) < 4.78 is 19.4. The van der Waals surface area contributed by atoms with Crippen LogP contribution in [-0.2, 0) is 6.61 Å². The fourth-order valence-corrected chi connectivity index (χ4v) is 3.79. The maximum absolute atomic E-state index is 6.09. The molecule has 0 fully saturated rings. The Morgan fingerprint density at radius 1 is 0.900 bits per heavy atom. The van der Waals surface area contributed by atoms with E-state index in [4.69, 9.17) is 14.2 Å². The summed E-state index contributed by atoms with van der Waals surface area (Å²) in [5.41, 5.74) is 2.91. The number of ether oxygens (including phenoxy) is 3. The first kappa shape index (κ1) is 22.6. The van der Waals surface area contributed by atoms with Crippen molar-refractivity contribution in [1.29, 1.82) is 0 Å². The van der Waals surface area contributed by atoms with E-state index in [1.807, 2.05) is 80.7 Å². The highest BCUT2D eigenvalue weighted by Crippen LogP contribution is 2.35. The molecule has 4 nitrogen and oxygen atoms in total. The fourth-order valence-electron chi connectivity index (χ4n) is 2.75. The van der Waals surface area contributed by atoms with Gasteiger partial charge in [0.15, 0.2) is 11.5 Å². The molecule has 3 rings (SSSR count). The van der Waals surface area contributed by atoms with Crippen LogP contribution in [0, 0.1) is 3.57 Å². The lowest BCUT2D eigenvalue weighted by Gasteiger charge is -2.15. The Balaban J connectivity index is 1.76. The second-order valence-electron chi connectivity index (χ2n) is 6.36. The summed E-state index contributed by atoms with van der Waals surface area (Å²) in [6.07, 6.45) is 1.83. The van der Waals surface area contributed by atoms with Crippen LogP contribution in [0.2, 0.25) is 0 Å². The summed E-state index contributed by atoms with van der Waals surface area (Å²) in [5.74, 6) is 2.31. The summed E-state index contributed by atoms with van der Waals surface area (Å²) in [7, 11) is 0. The van der Waals surface area contributed by atoms with Crippen LogP contribution in [0.1, 0.15) is 25.0 Å². The molecular formula is C24H23BrINO3. The van der Waals surface area contributed by atoms with Crippen LogP contribution < -0.4 is 14.2 Å². The van der Waals surface area contributed by atoms with Crippen molar-refractivity contribution in [2.75, 3.05) is 13.2 Å². The van der Waals surface area contributed by atoms with Gasteiger partial charge >= 0.3 is 0 Å². The number of halogens is 2. The SMILES string of the molecule is CCOc1ccc(N=Cc2cc(I)c(OCc3ccc(Br)cc3)c(OCC)c2)cc1. The lowest BCUT2D eigenvalue weighted by Crippen LogP contribution is -2.02. The van der Waals surface area contributed by atoms with Gasteiger partial charge in [-0.2, -0.15) is 0 Å². The number of aliphatic imine (C=N–C) groups is 1. The third-order valence-electron chi connectivity index (χ3n) is 4.14. The smallest absolute Gasteiger partial charge is 0.175 e. The van der Waals surface area contributed by atoms with Crippen molar-refractivity contribution in [2.45, 2.75) is 20.5 Å². The van der Waals surface area contributed by atoms with Crippen molar-refractivity contribution in [1.82, 2.24) is 0 Å². The van der Waals surface area contributed by atoms with Gasteiger partial charge in [-0.1, -0.05) is 28.1 Å². The summed E-state index contributed by atoms with van der Waals surface area (Å²) in [5, 5.41) is 0. The van der Waals surface area contributed by atoms with Crippen molar-refractivity contribution in [3.05, 3.63) is 79.8 Å². The summed E-state index contributed by atoms with van der Waals surface area (Å²) in [4.78, 5) is 4.57. The summed E-state index contributed by atoms with van der Waals surface area (Å²) >= 11 is 5.73. The molecule has 0 radical (unpaired) electrons. The van der Waals surface area contributed by atoms with Crippen LogP contribution in [-0.4, -0.2) is 19.4 Å². The molecule has 0 aliphatic carbocycles. The van der Waals surface area contributed by atoms with Crippen molar-refractivity contribution in [3.8, 4) is 17.2 Å². The van der Waals surface area contributed by atoms with E-state index in [9.17, 15) is 0 Å². The molecule has 3 aromatic rings. The quantitative estimate of drug-likeness (QED) is 0.199. The van der Waals surface area contributed by atoms with Gasteiger partial charge in [0.2, 0.25) is 0 Å². The molecule has 6 heteroatoms. The molecule has 0 aliphatic rings. The van der Waals surface area contributed by atoms with Gasteiger partial charge in [-0.25, -0.2) is 0 Å². The maximum atomic E-state index is 6.09. The van der Waals surface area contributed by atoms with Gasteiger partial charge in [-0.05, 0) is 96.1 Å². The number of hydrogen-bond donors (Lipinski definition) is 0. The van der Waals surface area contributed by atoms with Crippen molar-refractivity contribution >= 4 is 50.4 Å². The molecule has 30 heavy (non-hydrogen) atoms. The van der Waals surface area contributed by atoms with E-state index < -0.39 is 0 Å². The molecule has 0 aliphatic heterocycles. The fraction of sp³-hybridized carbons (Fsp3) is 0.208. The minimum Gasteiger partial charge on any atom is -0.494 e. The summed E-state index contributed by atoms with van der Waals surface area (Å²) in [6, 6.07) is 19.8. The minimum atomic E-state index is 0.475. The van der Waals surface area contributed by atoms with Gasteiger partial charge in [-0.15, -0.1) is 0 Å². The number of nitrogens with zero attached hydrogens (tertiary/aromatic N) is 1. The monoisotopic (exact) mass is 579 g/mol. The second kappa shape index (κ2) is 11.4. The van der Waals surface area contributed by atoms with E-state index in [0.717, 1.165) is 42.1 Å². The number of hydrogen-bond acceptors (Lipinski definition) is 4. The zero-order valence-electron chi connectivity index (χ0n) is 16.9. The third kappa shape index (κ3) is 6.47. The summed E-state index contributed by atoms with van der Waals surface area (Å²) in [6.45, 7) is 5.62. The molecule has 0 heterocycles. The Morgan fingerprint density at radius 2 is 1.60 bits per heavy atom. The molecule has 0 bridgehead atoms. The molecule has 0 aromatic heterocycles. The van der Waals surface area contributed by atoms with Gasteiger partial charge in [0.1, 0.15) is 12.4 Å². The van der Waals surface area contributed by atoms with E-state index in [-0.39, 0.29) is 0 Å². The van der Waals surface area contributed by atoms with Gasteiger partial charge in [-0.3, -0.25) is 4.99 Å². The van der Waals surface area contributed by atoms with Crippen LogP contribution in [0.5, 0.6) is 17.2 Å². The molecule has 0 N–H and O–H groups in total. The second-order valence-corrected chi connectivity index (χ2v) is 8.44. The molecule has 0 saturated carbocycles. The molecule has 0 atom stereocenters. The van der Waals surface area contributed by atoms with Crippen molar-refractivity contribution < 1.29 is 14.2 Å². The molecule has 0 unspecified atom stereocenters. The zero-order chi connectivity index (χ0) is 21.3. The van der Waals surface area contributed by atoms with E-state index >= 15 is 0 Å². The van der Waals surface area contributed by atoms with Crippen LogP contribution in [0.3, 0.4) is 0 Å². The maximum Gasteiger partial charge on any atom is 0.175 e. The van der Waals surface area contributed by atoms with Crippen molar-refractivity contribution in [2.24, 2.45) is 4.99 Å². The Labute approximate surface area is 199 Å². The molecule has 0 amide bonds. The van der Waals surface area contributed by atoms with Crippen molar-refractivity contribution in [3.63, 3.8) is 0 Å². The first-order valence-electron chi connectivity index (χ1n) is 9.69. The van der Waals surface area contributed by atoms with Crippen LogP contribution in [0.15, 0.2) is 70.1 Å². The molecule has 0 saturated heterocycles. The molecular weight excluding hydrogens is 557 g/mol. The van der Waals surface area contributed by atoms with E-state index in [2.05, 4.69) is 43.5 Å².